The minimum atomic E-state index is -0.445. The number of carbonyl (C=O) groups excluding carboxylic acids is 1. The van der Waals surface area contributed by atoms with Crippen molar-refractivity contribution in [1.82, 2.24) is 5.32 Å². The number of nitrogens with one attached hydrogen (secondary N) is 1. The second-order valence-corrected chi connectivity index (χ2v) is 3.87. The van der Waals surface area contributed by atoms with Crippen LogP contribution in [-0.2, 0) is 9.53 Å². The molecule has 0 bridgehead atoms. The van der Waals surface area contributed by atoms with Crippen molar-refractivity contribution in [3.63, 3.8) is 0 Å². The van der Waals surface area contributed by atoms with Crippen LogP contribution in [0.2, 0.25) is 0 Å². The lowest BCUT2D eigenvalue weighted by Gasteiger charge is -2.16. The van der Waals surface area contributed by atoms with Crippen LogP contribution in [0.1, 0.15) is 11.1 Å². The van der Waals surface area contributed by atoms with Gasteiger partial charge in [-0.2, -0.15) is 0 Å². The number of methoxy groups -OCH3 is 1. The molecule has 4 nitrogen and oxygen atoms in total. The number of benzene rings is 1. The highest BCUT2D eigenvalue weighted by atomic mass is 16.5. The number of carbonyl (C=O) groups is 1. The first-order valence-corrected chi connectivity index (χ1v) is 5.54. The average Bonchev–Trinajstić information content (AvgIpc) is 2.34. The van der Waals surface area contributed by atoms with Crippen molar-refractivity contribution in [3.8, 4) is 5.75 Å². The van der Waals surface area contributed by atoms with Gasteiger partial charge >= 0.3 is 5.97 Å². The standard InChI is InChI=1S/C13H19NO3/c1-9-6-5-7-12(10(9)2)17-8-11(14-3)13(15)16-4/h5-7,11,14H,8H2,1-4H3. The number of hydrogen-bond donors (Lipinski definition) is 1. The number of rotatable bonds is 5. The summed E-state index contributed by atoms with van der Waals surface area (Å²) in [6, 6.07) is 5.41. The highest BCUT2D eigenvalue weighted by Crippen LogP contribution is 2.20. The number of esters is 1. The Kier molecular flexibility index (Phi) is 4.97. The van der Waals surface area contributed by atoms with E-state index >= 15 is 0 Å². The first-order valence-electron chi connectivity index (χ1n) is 5.54. The summed E-state index contributed by atoms with van der Waals surface area (Å²) in [5.74, 6) is 0.479. The van der Waals surface area contributed by atoms with E-state index in [0.29, 0.717) is 0 Å². The van der Waals surface area contributed by atoms with Crippen LogP contribution < -0.4 is 10.1 Å². The number of hydrogen-bond acceptors (Lipinski definition) is 4. The maximum Gasteiger partial charge on any atom is 0.326 e. The Morgan fingerprint density at radius 2 is 2.12 bits per heavy atom. The molecule has 0 aliphatic rings. The van der Waals surface area contributed by atoms with Crippen LogP contribution in [-0.4, -0.2) is 32.8 Å². The van der Waals surface area contributed by atoms with E-state index in [1.165, 1.54) is 12.7 Å². The van der Waals surface area contributed by atoms with Crippen LogP contribution >= 0.6 is 0 Å². The maximum atomic E-state index is 11.4. The summed E-state index contributed by atoms with van der Waals surface area (Å²) in [7, 11) is 3.07. The topological polar surface area (TPSA) is 47.6 Å². The van der Waals surface area contributed by atoms with E-state index in [1.54, 1.807) is 7.05 Å². The van der Waals surface area contributed by atoms with E-state index in [0.717, 1.165) is 11.3 Å². The Labute approximate surface area is 102 Å². The highest BCUT2D eigenvalue weighted by Gasteiger charge is 2.17. The van der Waals surface area contributed by atoms with Gasteiger partial charge in [-0.25, -0.2) is 0 Å². The van der Waals surface area contributed by atoms with Crippen LogP contribution in [0, 0.1) is 13.8 Å². The van der Waals surface area contributed by atoms with Gasteiger partial charge < -0.3 is 14.8 Å². The molecule has 0 fully saturated rings. The third kappa shape index (κ3) is 3.46. The van der Waals surface area contributed by atoms with Gasteiger partial charge in [0, 0.05) is 0 Å². The van der Waals surface area contributed by atoms with Crippen LogP contribution in [0.25, 0.3) is 0 Å². The molecular formula is C13H19NO3. The van der Waals surface area contributed by atoms with Gasteiger partial charge in [0.2, 0.25) is 0 Å². The van der Waals surface area contributed by atoms with Crippen LogP contribution in [0.3, 0.4) is 0 Å². The first-order chi connectivity index (χ1) is 8.10. The zero-order valence-electron chi connectivity index (χ0n) is 10.7. The SMILES string of the molecule is CNC(COc1cccc(C)c1C)C(=O)OC. The Hall–Kier alpha value is -1.55. The van der Waals surface area contributed by atoms with Gasteiger partial charge in [0.25, 0.3) is 0 Å². The molecule has 0 heterocycles. The lowest BCUT2D eigenvalue weighted by molar-refractivity contribution is -0.143. The molecule has 0 amide bonds. The molecule has 0 aromatic heterocycles. The van der Waals surface area contributed by atoms with Crippen molar-refractivity contribution in [3.05, 3.63) is 29.3 Å². The second-order valence-electron chi connectivity index (χ2n) is 3.87. The molecule has 0 saturated carbocycles. The predicted molar refractivity (Wildman–Crippen MR) is 66.3 cm³/mol. The molecule has 1 unspecified atom stereocenters. The van der Waals surface area contributed by atoms with E-state index in [-0.39, 0.29) is 12.6 Å². The number of likely N-dealkylation sites (N-methyl/N-ethyl adjacent to an activating group) is 1. The molecular weight excluding hydrogens is 218 g/mol. The van der Waals surface area contributed by atoms with E-state index in [4.69, 9.17) is 4.74 Å². The molecule has 17 heavy (non-hydrogen) atoms. The maximum absolute atomic E-state index is 11.4. The van der Waals surface area contributed by atoms with Crippen molar-refractivity contribution >= 4 is 5.97 Å². The van der Waals surface area contributed by atoms with Gasteiger partial charge in [-0.3, -0.25) is 4.79 Å². The van der Waals surface area contributed by atoms with Gasteiger partial charge in [0.15, 0.2) is 0 Å². The van der Waals surface area contributed by atoms with Crippen molar-refractivity contribution in [1.29, 1.82) is 0 Å². The Balaban J connectivity index is 2.66. The average molecular weight is 237 g/mol. The largest absolute Gasteiger partial charge is 0.491 e. The summed E-state index contributed by atoms with van der Waals surface area (Å²) in [4.78, 5) is 11.4. The molecule has 4 heteroatoms. The summed E-state index contributed by atoms with van der Waals surface area (Å²) < 4.78 is 10.3. The van der Waals surface area contributed by atoms with Crippen LogP contribution in [0.5, 0.6) is 5.75 Å². The summed E-state index contributed by atoms with van der Waals surface area (Å²) in [5, 5.41) is 2.86. The van der Waals surface area contributed by atoms with Crippen molar-refractivity contribution < 1.29 is 14.3 Å². The molecule has 0 saturated heterocycles. The monoisotopic (exact) mass is 237 g/mol. The third-order valence-electron chi connectivity index (χ3n) is 2.79. The lowest BCUT2D eigenvalue weighted by Crippen LogP contribution is -2.40. The van der Waals surface area contributed by atoms with Crippen molar-refractivity contribution in [2.45, 2.75) is 19.9 Å². The molecule has 94 valence electrons. The minimum Gasteiger partial charge on any atom is -0.491 e. The highest BCUT2D eigenvalue weighted by molar-refractivity contribution is 5.75. The zero-order chi connectivity index (χ0) is 12.8. The molecule has 1 aromatic carbocycles. The van der Waals surface area contributed by atoms with Crippen LogP contribution in [0.15, 0.2) is 18.2 Å². The Morgan fingerprint density at radius 3 is 2.71 bits per heavy atom. The normalized spacial score (nSPS) is 12.0. The van der Waals surface area contributed by atoms with Gasteiger partial charge in [0.1, 0.15) is 18.4 Å². The third-order valence-corrected chi connectivity index (χ3v) is 2.79. The van der Waals surface area contributed by atoms with Gasteiger partial charge in [-0.1, -0.05) is 12.1 Å². The molecule has 0 aliphatic heterocycles. The molecule has 0 spiro atoms. The Bertz CT molecular complexity index is 390. The smallest absolute Gasteiger partial charge is 0.326 e. The van der Waals surface area contributed by atoms with Crippen molar-refractivity contribution in [2.24, 2.45) is 0 Å². The van der Waals surface area contributed by atoms with Gasteiger partial charge in [0.05, 0.1) is 7.11 Å². The molecule has 1 atom stereocenters. The second kappa shape index (κ2) is 6.25. The van der Waals surface area contributed by atoms with Gasteiger partial charge in [-0.05, 0) is 38.1 Å². The lowest BCUT2D eigenvalue weighted by atomic mass is 10.1. The molecule has 0 aliphatic carbocycles. The quantitative estimate of drug-likeness (QED) is 0.787. The fourth-order valence-electron chi connectivity index (χ4n) is 1.47. The van der Waals surface area contributed by atoms with E-state index in [1.807, 2.05) is 32.0 Å². The summed E-state index contributed by atoms with van der Waals surface area (Å²) in [5.41, 5.74) is 2.26. The molecule has 0 radical (unpaired) electrons. The fraction of sp³-hybridized carbons (Fsp3) is 0.462. The van der Waals surface area contributed by atoms with Crippen LogP contribution in [0.4, 0.5) is 0 Å². The summed E-state index contributed by atoms with van der Waals surface area (Å²) in [6.07, 6.45) is 0. The predicted octanol–water partition coefficient (Wildman–Crippen LogP) is 1.44. The Morgan fingerprint density at radius 1 is 1.41 bits per heavy atom. The molecule has 1 aromatic rings. The summed E-state index contributed by atoms with van der Waals surface area (Å²) >= 11 is 0. The van der Waals surface area contributed by atoms with Gasteiger partial charge in [-0.15, -0.1) is 0 Å². The van der Waals surface area contributed by atoms with E-state index in [9.17, 15) is 4.79 Å². The van der Waals surface area contributed by atoms with E-state index in [2.05, 4.69) is 10.1 Å². The zero-order valence-corrected chi connectivity index (χ0v) is 10.7. The number of aryl methyl sites for hydroxylation is 1. The molecule has 1 rings (SSSR count). The fourth-order valence-corrected chi connectivity index (χ4v) is 1.47. The number of ether oxygens (including phenoxy) is 2. The summed E-state index contributed by atoms with van der Waals surface area (Å²) in [6.45, 7) is 4.28. The first kappa shape index (κ1) is 13.5. The van der Waals surface area contributed by atoms with Crippen molar-refractivity contribution in [2.75, 3.05) is 20.8 Å². The molecule has 1 N–H and O–H groups in total. The van der Waals surface area contributed by atoms with E-state index < -0.39 is 6.04 Å². The minimum absolute atomic E-state index is 0.257.